The molecule has 1 saturated heterocycles. The number of likely N-dealkylation sites (tertiary alicyclic amines) is 1. The molecule has 0 bridgehead atoms. The molecule has 3 heterocycles. The van der Waals surface area contributed by atoms with E-state index in [1.807, 2.05) is 30.1 Å². The fraction of sp³-hybridized carbons (Fsp3) is 0.417. The Morgan fingerprint density at radius 1 is 1.17 bits per heavy atom. The molecule has 5 nitrogen and oxygen atoms in total. The van der Waals surface area contributed by atoms with Crippen LogP contribution in [-0.2, 0) is 20.0 Å². The highest BCUT2D eigenvalue weighted by atomic mass is 16.5. The lowest BCUT2D eigenvalue weighted by Crippen LogP contribution is -2.34. The molecule has 152 valence electrons. The lowest BCUT2D eigenvalue weighted by Gasteiger charge is -2.32. The third-order valence-electron chi connectivity index (χ3n) is 5.85. The van der Waals surface area contributed by atoms with Crippen LogP contribution in [0.1, 0.15) is 47.0 Å². The lowest BCUT2D eigenvalue weighted by atomic mass is 9.92. The van der Waals surface area contributed by atoms with Gasteiger partial charge in [0.15, 0.2) is 0 Å². The molecule has 0 spiro atoms. The number of hydrogen-bond acceptors (Lipinski definition) is 4. The molecule has 0 N–H and O–H groups in total. The highest BCUT2D eigenvalue weighted by Crippen LogP contribution is 2.29. The van der Waals surface area contributed by atoms with Gasteiger partial charge in [0.25, 0.3) is 0 Å². The molecule has 2 aromatic heterocycles. The van der Waals surface area contributed by atoms with Crippen LogP contribution in [0, 0.1) is 6.92 Å². The van der Waals surface area contributed by atoms with Crippen molar-refractivity contribution in [3.8, 4) is 5.75 Å². The fourth-order valence-electron chi connectivity index (χ4n) is 4.37. The standard InChI is InChI=1S/C24H30N4O/c1-18-13-19(14-20-7-4-5-9-24(20)29-3)15-23(26-18)21-8-6-12-28(16-21)17-22-10-11-25-27(22)2/h4-5,7,9-11,13,15,21H,6,8,12,14,16-17H2,1-3H3/t21-/m0/s1. The number of aromatic nitrogens is 3. The van der Waals surface area contributed by atoms with Gasteiger partial charge in [0.2, 0.25) is 0 Å². The molecule has 1 atom stereocenters. The average molecular weight is 391 g/mol. The molecule has 1 fully saturated rings. The molecule has 5 heteroatoms. The van der Waals surface area contributed by atoms with Gasteiger partial charge < -0.3 is 4.74 Å². The average Bonchev–Trinajstić information content (AvgIpc) is 3.12. The van der Waals surface area contributed by atoms with Crippen LogP contribution < -0.4 is 4.74 Å². The Labute approximate surface area is 173 Å². The minimum atomic E-state index is 0.480. The first-order valence-corrected chi connectivity index (χ1v) is 10.4. The van der Waals surface area contributed by atoms with Crippen LogP contribution in [0.5, 0.6) is 5.75 Å². The summed E-state index contributed by atoms with van der Waals surface area (Å²) in [5.41, 5.74) is 6.11. The van der Waals surface area contributed by atoms with Crippen LogP contribution in [0.4, 0.5) is 0 Å². The van der Waals surface area contributed by atoms with Crippen molar-refractivity contribution in [2.45, 2.75) is 38.6 Å². The monoisotopic (exact) mass is 390 g/mol. The van der Waals surface area contributed by atoms with Crippen LogP contribution >= 0.6 is 0 Å². The largest absolute Gasteiger partial charge is 0.496 e. The highest BCUT2D eigenvalue weighted by Gasteiger charge is 2.23. The minimum absolute atomic E-state index is 0.480. The molecule has 1 aromatic carbocycles. The van der Waals surface area contributed by atoms with Crippen molar-refractivity contribution in [3.63, 3.8) is 0 Å². The van der Waals surface area contributed by atoms with Gasteiger partial charge in [-0.25, -0.2) is 0 Å². The zero-order valence-electron chi connectivity index (χ0n) is 17.6. The van der Waals surface area contributed by atoms with Gasteiger partial charge in [-0.1, -0.05) is 18.2 Å². The predicted octanol–water partition coefficient (Wildman–Crippen LogP) is 4.10. The lowest BCUT2D eigenvalue weighted by molar-refractivity contribution is 0.194. The number of nitrogens with zero attached hydrogens (tertiary/aromatic N) is 4. The summed E-state index contributed by atoms with van der Waals surface area (Å²) in [6.45, 7) is 5.25. The van der Waals surface area contributed by atoms with Gasteiger partial charge in [0, 0.05) is 50.1 Å². The Morgan fingerprint density at radius 2 is 2.03 bits per heavy atom. The van der Waals surface area contributed by atoms with E-state index >= 15 is 0 Å². The van der Waals surface area contributed by atoms with Crippen molar-refractivity contribution >= 4 is 0 Å². The number of piperidine rings is 1. The van der Waals surface area contributed by atoms with E-state index < -0.39 is 0 Å². The van der Waals surface area contributed by atoms with Gasteiger partial charge in [0.05, 0.1) is 12.8 Å². The van der Waals surface area contributed by atoms with Gasteiger partial charge in [-0.05, 0) is 61.7 Å². The van der Waals surface area contributed by atoms with Gasteiger partial charge in [0.1, 0.15) is 5.75 Å². The molecular formula is C24H30N4O. The Balaban J connectivity index is 1.51. The van der Waals surface area contributed by atoms with Crippen molar-refractivity contribution in [2.75, 3.05) is 20.2 Å². The summed E-state index contributed by atoms with van der Waals surface area (Å²) >= 11 is 0. The summed E-state index contributed by atoms with van der Waals surface area (Å²) < 4.78 is 7.51. The maximum atomic E-state index is 5.54. The number of hydrogen-bond donors (Lipinski definition) is 0. The number of aryl methyl sites for hydroxylation is 2. The first-order chi connectivity index (χ1) is 14.1. The molecule has 3 aromatic rings. The molecule has 0 saturated carbocycles. The van der Waals surface area contributed by atoms with Gasteiger partial charge >= 0.3 is 0 Å². The predicted molar refractivity (Wildman–Crippen MR) is 115 cm³/mol. The minimum Gasteiger partial charge on any atom is -0.496 e. The zero-order chi connectivity index (χ0) is 20.2. The Kier molecular flexibility index (Phi) is 5.95. The van der Waals surface area contributed by atoms with Crippen molar-refractivity contribution in [3.05, 3.63) is 76.9 Å². The Hall–Kier alpha value is -2.66. The molecule has 0 unspecified atom stereocenters. The van der Waals surface area contributed by atoms with E-state index in [1.54, 1.807) is 7.11 Å². The topological polar surface area (TPSA) is 43.2 Å². The summed E-state index contributed by atoms with van der Waals surface area (Å²) in [7, 11) is 3.75. The second-order valence-electron chi connectivity index (χ2n) is 8.05. The van der Waals surface area contributed by atoms with Gasteiger partial charge in [-0.2, -0.15) is 5.10 Å². The molecule has 0 aliphatic carbocycles. The van der Waals surface area contributed by atoms with Crippen molar-refractivity contribution < 1.29 is 4.74 Å². The Bertz CT molecular complexity index is 965. The normalized spacial score (nSPS) is 17.4. The van der Waals surface area contributed by atoms with Crippen LogP contribution in [0.25, 0.3) is 0 Å². The van der Waals surface area contributed by atoms with Crippen molar-refractivity contribution in [1.82, 2.24) is 19.7 Å². The van der Waals surface area contributed by atoms with E-state index in [1.165, 1.54) is 35.4 Å². The van der Waals surface area contributed by atoms with Crippen LogP contribution in [0.15, 0.2) is 48.7 Å². The second kappa shape index (κ2) is 8.78. The maximum absolute atomic E-state index is 5.54. The molecule has 1 aliphatic rings. The summed E-state index contributed by atoms with van der Waals surface area (Å²) in [6, 6.07) is 14.9. The van der Waals surface area contributed by atoms with Crippen molar-refractivity contribution in [2.24, 2.45) is 7.05 Å². The van der Waals surface area contributed by atoms with Crippen LogP contribution in [-0.4, -0.2) is 39.9 Å². The number of para-hydroxylation sites is 1. The van der Waals surface area contributed by atoms with Crippen molar-refractivity contribution in [1.29, 1.82) is 0 Å². The summed E-state index contributed by atoms with van der Waals surface area (Å²) in [4.78, 5) is 7.45. The van der Waals surface area contributed by atoms with E-state index in [0.29, 0.717) is 5.92 Å². The number of benzene rings is 1. The van der Waals surface area contributed by atoms with E-state index in [2.05, 4.69) is 47.3 Å². The molecule has 0 radical (unpaired) electrons. The van der Waals surface area contributed by atoms with E-state index in [9.17, 15) is 0 Å². The van der Waals surface area contributed by atoms with Gasteiger partial charge in [-0.15, -0.1) is 0 Å². The first-order valence-electron chi connectivity index (χ1n) is 10.4. The summed E-state index contributed by atoms with van der Waals surface area (Å²) in [5, 5.41) is 4.30. The summed E-state index contributed by atoms with van der Waals surface area (Å²) in [5.74, 6) is 1.43. The molecular weight excluding hydrogens is 360 g/mol. The molecule has 4 rings (SSSR count). The zero-order valence-corrected chi connectivity index (χ0v) is 17.6. The fourth-order valence-corrected chi connectivity index (χ4v) is 4.37. The van der Waals surface area contributed by atoms with Gasteiger partial charge in [-0.3, -0.25) is 14.6 Å². The second-order valence-corrected chi connectivity index (χ2v) is 8.05. The first kappa shape index (κ1) is 19.6. The number of methoxy groups -OCH3 is 1. The quantitative estimate of drug-likeness (QED) is 0.635. The van der Waals surface area contributed by atoms with Crippen LogP contribution in [0.2, 0.25) is 0 Å². The number of pyridine rings is 1. The maximum Gasteiger partial charge on any atom is 0.122 e. The van der Waals surface area contributed by atoms with E-state index in [0.717, 1.165) is 37.5 Å². The van der Waals surface area contributed by atoms with Crippen LogP contribution in [0.3, 0.4) is 0 Å². The molecule has 29 heavy (non-hydrogen) atoms. The molecule has 0 amide bonds. The number of ether oxygens (including phenoxy) is 1. The third kappa shape index (κ3) is 4.67. The third-order valence-corrected chi connectivity index (χ3v) is 5.85. The smallest absolute Gasteiger partial charge is 0.122 e. The van der Waals surface area contributed by atoms with E-state index in [4.69, 9.17) is 9.72 Å². The Morgan fingerprint density at radius 3 is 2.83 bits per heavy atom. The summed E-state index contributed by atoms with van der Waals surface area (Å²) in [6.07, 6.45) is 5.15. The highest BCUT2D eigenvalue weighted by molar-refractivity contribution is 5.38. The molecule has 1 aliphatic heterocycles. The van der Waals surface area contributed by atoms with E-state index in [-0.39, 0.29) is 0 Å². The SMILES string of the molecule is COc1ccccc1Cc1cc(C)nc([C@H]2CCCN(Cc3ccnn3C)C2)c1. The number of rotatable bonds is 6.